The molecule has 2 aliphatic rings. The summed E-state index contributed by atoms with van der Waals surface area (Å²) in [6.07, 6.45) is 6.97. The lowest BCUT2D eigenvalue weighted by Gasteiger charge is -2.33. The minimum atomic E-state index is -7.13. The van der Waals surface area contributed by atoms with Crippen molar-refractivity contribution >= 4 is 20.2 Å². The molecule has 0 aromatic heterocycles. The molecule has 0 amide bonds. The highest BCUT2D eigenvalue weighted by Gasteiger charge is 2.83. The zero-order chi connectivity index (χ0) is 28.7. The Bertz CT molecular complexity index is 1180. The van der Waals surface area contributed by atoms with E-state index in [1.54, 1.807) is 12.1 Å². The molecule has 218 valence electrons. The van der Waals surface area contributed by atoms with Gasteiger partial charge in [-0.1, -0.05) is 64.5 Å². The third-order valence-electron chi connectivity index (χ3n) is 7.49. The normalized spacial score (nSPS) is 19.6. The predicted molar refractivity (Wildman–Crippen MR) is 128 cm³/mol. The highest BCUT2D eigenvalue weighted by Crippen LogP contribution is 2.53. The van der Waals surface area contributed by atoms with Crippen molar-refractivity contribution in [1.82, 2.24) is 0 Å². The van der Waals surface area contributed by atoms with E-state index >= 15 is 0 Å². The van der Waals surface area contributed by atoms with Crippen LogP contribution in [0.4, 0.5) is 26.3 Å². The van der Waals surface area contributed by atoms with E-state index in [-0.39, 0.29) is 28.9 Å². The molecular weight excluding hydrogens is 562 g/mol. The van der Waals surface area contributed by atoms with Gasteiger partial charge in [0.15, 0.2) is 0 Å². The Morgan fingerprint density at radius 2 is 1.16 bits per heavy atom. The summed E-state index contributed by atoms with van der Waals surface area (Å²) >= 11 is 0. The Labute approximate surface area is 219 Å². The smallest absolute Gasteiger partial charge is 0.377 e. The summed E-state index contributed by atoms with van der Waals surface area (Å²) in [5, 5.41) is -13.5. The molecule has 14 heteroatoms. The maximum absolute atomic E-state index is 14.7. The quantitative estimate of drug-likeness (QED) is 0.183. The summed E-state index contributed by atoms with van der Waals surface area (Å²) in [6, 6.07) is 3.17. The summed E-state index contributed by atoms with van der Waals surface area (Å²) in [7, 11) is -14.0. The van der Waals surface area contributed by atoms with Crippen molar-refractivity contribution in [1.29, 1.82) is 0 Å². The molecule has 0 heterocycles. The number of benzene rings is 1. The largest absolute Gasteiger partial charge is 0.450 e. The molecule has 0 atom stereocenters. The van der Waals surface area contributed by atoms with Crippen LogP contribution in [0.15, 0.2) is 12.1 Å². The van der Waals surface area contributed by atoms with Gasteiger partial charge in [-0.3, -0.25) is 4.55 Å². The maximum Gasteiger partial charge on any atom is 0.450 e. The SMILES string of the molecule is CC(C)c1cc(C2CCCCC2)c(OS(=O)(=O)C(F)(F)C(F)(F)C(F)(F)S(=O)(=O)O)c(C2CCCCC2)c1. The molecule has 0 saturated heterocycles. The first-order chi connectivity index (χ1) is 17.3. The van der Waals surface area contributed by atoms with Gasteiger partial charge in [-0.05, 0) is 60.1 Å². The summed E-state index contributed by atoms with van der Waals surface area (Å²) in [5.74, 6) is -8.39. The Hall–Kier alpha value is -1.54. The standard InChI is InChI=1S/C24H32F6O6S2/c1-15(2)18-13-19(16-9-5-3-6-10-16)21(20(14-18)17-11-7-4-8-12-17)36-38(34,35)24(29,30)22(25,26)23(27,28)37(31,32)33/h13-17H,3-12H2,1-2H3,(H,31,32,33). The van der Waals surface area contributed by atoms with Crippen LogP contribution in [-0.4, -0.2) is 37.8 Å². The van der Waals surface area contributed by atoms with Crippen molar-refractivity contribution in [2.75, 3.05) is 0 Å². The molecule has 1 aromatic rings. The third kappa shape index (κ3) is 5.54. The molecule has 2 fully saturated rings. The lowest BCUT2D eigenvalue weighted by Crippen LogP contribution is -2.61. The van der Waals surface area contributed by atoms with E-state index in [0.717, 1.165) is 44.1 Å². The first-order valence-electron chi connectivity index (χ1n) is 12.6. The van der Waals surface area contributed by atoms with Crippen LogP contribution in [0.5, 0.6) is 5.75 Å². The van der Waals surface area contributed by atoms with E-state index in [4.69, 9.17) is 8.74 Å². The van der Waals surface area contributed by atoms with Crippen LogP contribution in [0.3, 0.4) is 0 Å². The number of hydrogen-bond acceptors (Lipinski definition) is 5. The predicted octanol–water partition coefficient (Wildman–Crippen LogP) is 7.32. The first kappa shape index (κ1) is 31.0. The van der Waals surface area contributed by atoms with Crippen molar-refractivity contribution in [3.8, 4) is 5.75 Å². The highest BCUT2D eigenvalue weighted by molar-refractivity contribution is 7.88. The van der Waals surface area contributed by atoms with E-state index in [9.17, 15) is 43.2 Å². The average molecular weight is 595 g/mol. The van der Waals surface area contributed by atoms with Gasteiger partial charge in [0.2, 0.25) is 0 Å². The fraction of sp³-hybridized carbons (Fsp3) is 0.750. The van der Waals surface area contributed by atoms with Crippen LogP contribution in [0, 0.1) is 0 Å². The van der Waals surface area contributed by atoms with Gasteiger partial charge in [-0.15, -0.1) is 0 Å². The van der Waals surface area contributed by atoms with Crippen molar-refractivity contribution in [2.24, 2.45) is 0 Å². The van der Waals surface area contributed by atoms with Gasteiger partial charge in [0.1, 0.15) is 5.75 Å². The summed E-state index contributed by atoms with van der Waals surface area (Å²) in [5.41, 5.74) is 1.20. The molecule has 1 aromatic carbocycles. The second-order valence-corrected chi connectivity index (χ2v) is 13.5. The molecule has 2 saturated carbocycles. The molecular formula is C24H32F6O6S2. The van der Waals surface area contributed by atoms with Crippen LogP contribution < -0.4 is 4.18 Å². The van der Waals surface area contributed by atoms with Crippen LogP contribution >= 0.6 is 0 Å². The van der Waals surface area contributed by atoms with Crippen LogP contribution in [0.1, 0.15) is 112 Å². The van der Waals surface area contributed by atoms with Gasteiger partial charge < -0.3 is 4.18 Å². The van der Waals surface area contributed by atoms with E-state index in [1.165, 1.54) is 0 Å². The van der Waals surface area contributed by atoms with Gasteiger partial charge >= 0.3 is 36.7 Å². The fourth-order valence-corrected chi connectivity index (χ4v) is 6.69. The second kappa shape index (κ2) is 10.8. The summed E-state index contributed by atoms with van der Waals surface area (Å²) < 4.78 is 146. The highest BCUT2D eigenvalue weighted by atomic mass is 32.2. The van der Waals surface area contributed by atoms with E-state index in [1.807, 2.05) is 13.8 Å². The molecule has 3 rings (SSSR count). The lowest BCUT2D eigenvalue weighted by atomic mass is 9.77. The number of halogens is 6. The van der Waals surface area contributed by atoms with Crippen molar-refractivity contribution in [2.45, 2.75) is 112 Å². The van der Waals surface area contributed by atoms with Crippen molar-refractivity contribution in [3.05, 3.63) is 28.8 Å². The van der Waals surface area contributed by atoms with E-state index < -0.39 is 42.4 Å². The van der Waals surface area contributed by atoms with Crippen LogP contribution in [0.25, 0.3) is 0 Å². The Morgan fingerprint density at radius 3 is 1.50 bits per heavy atom. The molecule has 2 aliphatic carbocycles. The molecule has 38 heavy (non-hydrogen) atoms. The molecule has 0 unspecified atom stereocenters. The minimum absolute atomic E-state index is 0.0652. The second-order valence-electron chi connectivity index (χ2n) is 10.5. The number of alkyl halides is 6. The third-order valence-corrected chi connectivity index (χ3v) is 9.66. The number of rotatable bonds is 9. The number of hydrogen-bond donors (Lipinski definition) is 1. The molecule has 0 bridgehead atoms. The zero-order valence-electron chi connectivity index (χ0n) is 21.0. The summed E-state index contributed by atoms with van der Waals surface area (Å²) in [6.45, 7) is 3.74. The average Bonchev–Trinajstić information content (AvgIpc) is 2.83. The van der Waals surface area contributed by atoms with E-state index in [2.05, 4.69) is 0 Å². The van der Waals surface area contributed by atoms with Crippen LogP contribution in [-0.2, 0) is 20.2 Å². The molecule has 0 spiro atoms. The molecule has 0 radical (unpaired) electrons. The van der Waals surface area contributed by atoms with E-state index in [0.29, 0.717) is 25.7 Å². The fourth-order valence-electron chi connectivity index (χ4n) is 5.21. The topological polar surface area (TPSA) is 97.7 Å². The van der Waals surface area contributed by atoms with Crippen molar-refractivity contribution in [3.63, 3.8) is 0 Å². The lowest BCUT2D eigenvalue weighted by molar-refractivity contribution is -0.247. The Kier molecular flexibility index (Phi) is 8.80. The van der Waals surface area contributed by atoms with Gasteiger partial charge in [0.25, 0.3) is 0 Å². The van der Waals surface area contributed by atoms with Gasteiger partial charge in [0, 0.05) is 0 Å². The Balaban J connectivity index is 2.21. The molecule has 0 aliphatic heterocycles. The molecule has 1 N–H and O–H groups in total. The monoisotopic (exact) mass is 594 g/mol. The van der Waals surface area contributed by atoms with Gasteiger partial charge in [-0.2, -0.15) is 43.2 Å². The van der Waals surface area contributed by atoms with Crippen LogP contribution in [0.2, 0.25) is 0 Å². The zero-order valence-corrected chi connectivity index (χ0v) is 22.7. The maximum atomic E-state index is 14.7. The minimum Gasteiger partial charge on any atom is -0.377 e. The molecule has 6 nitrogen and oxygen atoms in total. The van der Waals surface area contributed by atoms with Gasteiger partial charge in [0.05, 0.1) is 0 Å². The first-order valence-corrected chi connectivity index (χ1v) is 15.4. The Morgan fingerprint density at radius 1 is 0.763 bits per heavy atom. The van der Waals surface area contributed by atoms with Gasteiger partial charge in [-0.25, -0.2) is 0 Å². The van der Waals surface area contributed by atoms with Crippen molar-refractivity contribution < 1.29 is 51.9 Å². The summed E-state index contributed by atoms with van der Waals surface area (Å²) in [4.78, 5) is 0.